The first kappa shape index (κ1) is 52.6. The predicted octanol–water partition coefficient (Wildman–Crippen LogP) is 5.21. The fourth-order valence-electron chi connectivity index (χ4n) is 12.7. The van der Waals surface area contributed by atoms with Gasteiger partial charge >= 0.3 is 23.9 Å². The Morgan fingerprint density at radius 2 is 1.51 bits per heavy atom. The maximum Gasteiger partial charge on any atom is 0.346 e. The topological polar surface area (TPSA) is 238 Å². The molecule has 5 amide bonds. The summed E-state index contributed by atoms with van der Waals surface area (Å²) in [5, 5.41) is 32.2. The normalized spacial score (nSPS) is 30.3. The van der Waals surface area contributed by atoms with Crippen LogP contribution >= 0.6 is 0 Å². The third kappa shape index (κ3) is 9.91. The van der Waals surface area contributed by atoms with Crippen LogP contribution in [0.15, 0.2) is 84.5 Å². The number of ketones is 1. The highest BCUT2D eigenvalue weighted by molar-refractivity contribution is 6.02. The maximum absolute atomic E-state index is 14.1. The summed E-state index contributed by atoms with van der Waals surface area (Å²) in [6, 6.07) is 12.6. The molecule has 3 saturated carbocycles. The van der Waals surface area contributed by atoms with Crippen molar-refractivity contribution in [3.05, 3.63) is 84.5 Å². The van der Waals surface area contributed by atoms with Crippen molar-refractivity contribution >= 4 is 58.8 Å². The third-order valence-electron chi connectivity index (χ3n) is 16.2. The number of nitrogens with zero attached hydrogens (tertiary/aromatic N) is 2. The molecule has 7 rings (SSSR count). The number of esters is 3. The van der Waals surface area contributed by atoms with Crippen molar-refractivity contribution < 1.29 is 58.0 Å². The average Bonchev–Trinajstić information content (AvgIpc) is 3.94. The molecule has 0 aromatic heterocycles. The van der Waals surface area contributed by atoms with E-state index in [1.807, 2.05) is 39.0 Å². The summed E-state index contributed by atoms with van der Waals surface area (Å²) in [5.41, 5.74) is -1.55. The number of anilines is 2. The van der Waals surface area contributed by atoms with Crippen LogP contribution in [0, 0.1) is 40.4 Å². The number of fused-ring (bicyclic) bond motifs is 5. The number of benzene rings is 2. The van der Waals surface area contributed by atoms with Crippen LogP contribution in [0.1, 0.15) is 100 Å². The number of aliphatic hydroxyl groups excluding tert-OH is 2. The Bertz CT molecular complexity index is 2420. The molecule has 0 spiro atoms. The van der Waals surface area contributed by atoms with E-state index in [2.05, 4.69) is 16.0 Å². The smallest absolute Gasteiger partial charge is 0.346 e. The fourth-order valence-corrected chi connectivity index (χ4v) is 12.7. The van der Waals surface area contributed by atoms with Gasteiger partial charge in [-0.3, -0.25) is 28.9 Å². The molecule has 1 saturated heterocycles. The molecule has 2 aromatic carbocycles. The summed E-state index contributed by atoms with van der Waals surface area (Å²) in [6.45, 7) is 13.9. The number of carbonyl (C=O) groups excluding carboxylic acids is 8. The highest BCUT2D eigenvalue weighted by Gasteiger charge is 2.72. The van der Waals surface area contributed by atoms with E-state index in [-0.39, 0.29) is 61.7 Å². The van der Waals surface area contributed by atoms with Gasteiger partial charge in [0.2, 0.25) is 17.7 Å². The van der Waals surface area contributed by atoms with Crippen molar-refractivity contribution in [2.75, 3.05) is 11.4 Å². The fraction of sp³-hybridized carbons (Fsp3) is 0.556. The van der Waals surface area contributed by atoms with E-state index in [9.17, 15) is 48.6 Å². The first-order valence-electron chi connectivity index (χ1n) is 25.0. The Balaban J connectivity index is 1.00. The molecule has 0 radical (unpaired) electrons. The Morgan fingerprint density at radius 3 is 2.11 bits per heavy atom. The van der Waals surface area contributed by atoms with Crippen molar-refractivity contribution in [1.82, 2.24) is 20.9 Å². The van der Waals surface area contributed by atoms with Crippen LogP contribution in [0.4, 0.5) is 16.2 Å². The average molecular weight is 980 g/mol. The van der Waals surface area contributed by atoms with Crippen molar-refractivity contribution in [2.45, 2.75) is 142 Å². The number of carbonyl (C=O) groups is 8. The lowest BCUT2D eigenvalue weighted by molar-refractivity contribution is -0.227. The van der Waals surface area contributed by atoms with Crippen LogP contribution in [0.2, 0.25) is 0 Å². The number of para-hydroxylation sites is 2. The lowest BCUT2D eigenvalue weighted by Gasteiger charge is -2.61. The molecule has 4 aliphatic carbocycles. The first-order valence-corrected chi connectivity index (χ1v) is 25.0. The zero-order chi connectivity index (χ0) is 51.7. The van der Waals surface area contributed by atoms with E-state index in [1.54, 1.807) is 75.4 Å². The largest absolute Gasteiger partial charge is 0.455 e. The van der Waals surface area contributed by atoms with Gasteiger partial charge in [0.1, 0.15) is 24.2 Å². The number of rotatable bonds is 14. The Morgan fingerprint density at radius 1 is 0.873 bits per heavy atom. The summed E-state index contributed by atoms with van der Waals surface area (Å²) in [4.78, 5) is 111. The molecule has 1 aliphatic heterocycles. The molecule has 13 atom stereocenters. The predicted molar refractivity (Wildman–Crippen MR) is 261 cm³/mol. The van der Waals surface area contributed by atoms with Crippen molar-refractivity contribution in [2.24, 2.45) is 40.4 Å². The molecule has 5 N–H and O–H groups in total. The molecular weight excluding hydrogens is 911 g/mol. The Hall–Kier alpha value is -6.20. The summed E-state index contributed by atoms with van der Waals surface area (Å²) in [7, 11) is 0. The van der Waals surface area contributed by atoms with E-state index < -0.39 is 100 Å². The number of hydrogen-bond acceptors (Lipinski definition) is 12. The summed E-state index contributed by atoms with van der Waals surface area (Å²) in [5.74, 6) is -6.56. The second-order valence-corrected chi connectivity index (χ2v) is 21.0. The van der Waals surface area contributed by atoms with E-state index in [1.165, 1.54) is 29.7 Å². The van der Waals surface area contributed by atoms with Crippen LogP contribution in [0.5, 0.6) is 0 Å². The standard InChI is InChI=1S/C54H69N5O12/c1-9-42(62)71-54(25-23-38-37-27-31(4)39-28-36(60)22-24-52(39,7)43(37)41(61)29-53(38,54)8)45(63)50(68)70-49(67)44(30(2)3)57-47(65)40-21-16-26-58(40)48(66)33(6)55-46(64)32(5)56-51(69)59(34-17-12-10-13-18-34)35-19-14-11-15-20-35/h10-15,17-20,22,24,28,30-33,37-38,40-41,43-45,61,63H,9,16,21,23,25-27,29H2,1-8H3,(H,55,64)(H,56,69)(H,57,65)/t31?,32-,33-,37-,38-,40+,41?,43+,44-,45?,52-,53-,54-/m0/s1. The summed E-state index contributed by atoms with van der Waals surface area (Å²) in [6.07, 6.45) is 3.72. The summed E-state index contributed by atoms with van der Waals surface area (Å²) < 4.78 is 11.5. The molecule has 5 aliphatic rings. The van der Waals surface area contributed by atoms with E-state index in [0.717, 1.165) is 5.57 Å². The number of nitrogens with one attached hydrogen (secondary N) is 3. The molecule has 4 fully saturated rings. The van der Waals surface area contributed by atoms with Crippen molar-refractivity contribution in [3.8, 4) is 0 Å². The minimum Gasteiger partial charge on any atom is -0.455 e. The van der Waals surface area contributed by atoms with Crippen LogP contribution in [0.3, 0.4) is 0 Å². The van der Waals surface area contributed by atoms with Gasteiger partial charge in [0.05, 0.1) is 17.5 Å². The van der Waals surface area contributed by atoms with Crippen LogP contribution in [-0.4, -0.2) is 111 Å². The van der Waals surface area contributed by atoms with Crippen LogP contribution < -0.4 is 20.9 Å². The van der Waals surface area contributed by atoms with Gasteiger partial charge in [0.25, 0.3) is 0 Å². The molecule has 2 aromatic rings. The second-order valence-electron chi connectivity index (χ2n) is 21.0. The lowest BCUT2D eigenvalue weighted by atomic mass is 9.44. The number of aliphatic hydroxyl groups is 2. The van der Waals surface area contributed by atoms with Gasteiger partial charge in [-0.2, -0.15) is 0 Å². The zero-order valence-corrected chi connectivity index (χ0v) is 41.9. The Labute approximate surface area is 415 Å². The molecule has 17 heteroatoms. The van der Waals surface area contributed by atoms with Gasteiger partial charge in [-0.05, 0) is 112 Å². The van der Waals surface area contributed by atoms with Crippen molar-refractivity contribution in [1.29, 1.82) is 0 Å². The molecule has 71 heavy (non-hydrogen) atoms. The zero-order valence-electron chi connectivity index (χ0n) is 41.9. The second kappa shape index (κ2) is 20.9. The van der Waals surface area contributed by atoms with Gasteiger partial charge in [-0.25, -0.2) is 14.4 Å². The molecule has 0 bridgehead atoms. The third-order valence-corrected chi connectivity index (χ3v) is 16.2. The quantitative estimate of drug-likeness (QED) is 0.121. The highest BCUT2D eigenvalue weighted by Crippen LogP contribution is 2.69. The first-order chi connectivity index (χ1) is 33.6. The minimum atomic E-state index is -2.15. The number of hydrogen-bond donors (Lipinski definition) is 5. The number of urea groups is 1. The molecule has 17 nitrogen and oxygen atoms in total. The van der Waals surface area contributed by atoms with Gasteiger partial charge < -0.3 is 40.5 Å². The number of allylic oxidation sites excluding steroid dienone is 4. The van der Waals surface area contributed by atoms with E-state index >= 15 is 0 Å². The van der Waals surface area contributed by atoms with Gasteiger partial charge in [-0.1, -0.05) is 89.6 Å². The molecule has 3 unspecified atom stereocenters. The summed E-state index contributed by atoms with van der Waals surface area (Å²) >= 11 is 0. The number of likely N-dealkylation sites (tertiary alicyclic amines) is 1. The molecule has 1 heterocycles. The lowest BCUT2D eigenvalue weighted by Crippen LogP contribution is -2.65. The SMILES string of the molecule is CCC(=O)O[C@]1(C(O)C(=O)OC(=O)[C@@H](NC(=O)[C@H]2CCCN2C(=O)[C@H](C)NC(=O)[C@H](C)NC(=O)N(c2ccccc2)c2ccccc2)C(C)C)CC[C@H]2[C@@H]3CC(C)C4=CC(=O)C=C[C@]4(C)[C@H]3C(O)C[C@@]21C. The molecule has 382 valence electrons. The highest BCUT2D eigenvalue weighted by atomic mass is 16.6. The number of amides is 5. The van der Waals surface area contributed by atoms with E-state index in [0.29, 0.717) is 30.6 Å². The van der Waals surface area contributed by atoms with Crippen LogP contribution in [-0.2, 0) is 43.0 Å². The monoisotopic (exact) mass is 979 g/mol. The molecular formula is C54H69N5O12. The van der Waals surface area contributed by atoms with Crippen molar-refractivity contribution in [3.63, 3.8) is 0 Å². The Kier molecular flexibility index (Phi) is 15.5. The minimum absolute atomic E-state index is 0.0137. The van der Waals surface area contributed by atoms with Gasteiger partial charge in [0.15, 0.2) is 17.5 Å². The van der Waals surface area contributed by atoms with E-state index in [4.69, 9.17) is 9.47 Å². The van der Waals surface area contributed by atoms with Gasteiger partial charge in [0, 0.05) is 29.7 Å². The number of ether oxygens (including phenoxy) is 2. The maximum atomic E-state index is 14.1. The van der Waals surface area contributed by atoms with Gasteiger partial charge in [-0.15, -0.1) is 0 Å². The van der Waals surface area contributed by atoms with Crippen LogP contribution in [0.25, 0.3) is 0 Å².